The van der Waals surface area contributed by atoms with Gasteiger partial charge in [-0.15, -0.1) is 10.2 Å². The van der Waals surface area contributed by atoms with E-state index >= 15 is 0 Å². The van der Waals surface area contributed by atoms with Gasteiger partial charge in [-0.1, -0.05) is 33.3 Å². The summed E-state index contributed by atoms with van der Waals surface area (Å²) in [4.78, 5) is 0. The molecule has 3 rings (SSSR count). The van der Waals surface area contributed by atoms with Gasteiger partial charge in [-0.3, -0.25) is 0 Å². The van der Waals surface area contributed by atoms with E-state index in [1.54, 1.807) is 6.07 Å². The van der Waals surface area contributed by atoms with Gasteiger partial charge in [0, 0.05) is 22.6 Å². The Kier molecular flexibility index (Phi) is 4.02. The Morgan fingerprint density at radius 2 is 2.05 bits per heavy atom. The highest BCUT2D eigenvalue weighted by Gasteiger charge is 2.34. The molecule has 112 valence electrons. The lowest BCUT2D eigenvalue weighted by Crippen LogP contribution is -2.14. The van der Waals surface area contributed by atoms with E-state index in [2.05, 4.69) is 31.4 Å². The quantitative estimate of drug-likeness (QED) is 0.865. The minimum atomic E-state index is -4.42. The summed E-state index contributed by atoms with van der Waals surface area (Å²) in [7, 11) is 0. The fraction of sp³-hybridized carbons (Fsp3) is 0.385. The Bertz CT molecular complexity index is 652. The number of hydrogen-bond acceptors (Lipinski definition) is 4. The predicted molar refractivity (Wildman–Crippen MR) is 77.9 cm³/mol. The lowest BCUT2D eigenvalue weighted by molar-refractivity contribution is -0.137. The first-order chi connectivity index (χ1) is 9.93. The normalized spacial score (nSPS) is 15.4. The molecule has 2 aromatic rings. The van der Waals surface area contributed by atoms with Crippen molar-refractivity contribution in [1.82, 2.24) is 15.5 Å². The van der Waals surface area contributed by atoms with Gasteiger partial charge in [-0.2, -0.15) is 13.2 Å². The van der Waals surface area contributed by atoms with Crippen molar-refractivity contribution in [3.05, 3.63) is 33.2 Å². The average Bonchev–Trinajstić information content (AvgIpc) is 3.13. The van der Waals surface area contributed by atoms with E-state index < -0.39 is 11.7 Å². The molecule has 1 aliphatic carbocycles. The fourth-order valence-corrected chi connectivity index (χ4v) is 3.08. The Balaban J connectivity index is 1.88. The van der Waals surface area contributed by atoms with Crippen molar-refractivity contribution < 1.29 is 13.2 Å². The van der Waals surface area contributed by atoms with Gasteiger partial charge in [0.05, 0.1) is 5.56 Å². The van der Waals surface area contributed by atoms with Crippen molar-refractivity contribution in [1.29, 1.82) is 0 Å². The zero-order chi connectivity index (χ0) is 15.0. The predicted octanol–water partition coefficient (Wildman–Crippen LogP) is 4.24. The van der Waals surface area contributed by atoms with Crippen molar-refractivity contribution in [3.8, 4) is 10.6 Å². The van der Waals surface area contributed by atoms with Crippen LogP contribution in [-0.4, -0.2) is 16.2 Å². The van der Waals surface area contributed by atoms with Crippen molar-refractivity contribution in [2.75, 3.05) is 0 Å². The van der Waals surface area contributed by atoms with Gasteiger partial charge in [0.2, 0.25) is 0 Å². The van der Waals surface area contributed by atoms with Crippen LogP contribution < -0.4 is 5.32 Å². The molecule has 1 aromatic carbocycles. The van der Waals surface area contributed by atoms with Crippen molar-refractivity contribution in [2.45, 2.75) is 31.6 Å². The van der Waals surface area contributed by atoms with Gasteiger partial charge >= 0.3 is 6.18 Å². The van der Waals surface area contributed by atoms with Crippen LogP contribution in [0.25, 0.3) is 10.6 Å². The second kappa shape index (κ2) is 5.66. The third-order valence-electron chi connectivity index (χ3n) is 3.10. The monoisotopic (exact) mass is 377 g/mol. The lowest BCUT2D eigenvalue weighted by Gasteiger charge is -2.11. The second-order valence-corrected chi connectivity index (χ2v) is 6.82. The maximum Gasteiger partial charge on any atom is 0.417 e. The molecule has 3 nitrogen and oxygen atoms in total. The molecule has 0 bridgehead atoms. The van der Waals surface area contributed by atoms with E-state index in [1.807, 2.05) is 0 Å². The molecule has 0 aliphatic heterocycles. The van der Waals surface area contributed by atoms with E-state index in [1.165, 1.54) is 17.4 Å². The first-order valence-corrected chi connectivity index (χ1v) is 7.97. The molecule has 1 aromatic heterocycles. The summed E-state index contributed by atoms with van der Waals surface area (Å²) in [5, 5.41) is 12.1. The number of alkyl halides is 3. The molecule has 1 fully saturated rings. The molecule has 0 unspecified atom stereocenters. The smallest absolute Gasteiger partial charge is 0.308 e. The molecule has 21 heavy (non-hydrogen) atoms. The van der Waals surface area contributed by atoms with Crippen LogP contribution in [-0.2, 0) is 12.7 Å². The van der Waals surface area contributed by atoms with Crippen LogP contribution in [0.2, 0.25) is 0 Å². The van der Waals surface area contributed by atoms with Crippen LogP contribution in [0.1, 0.15) is 23.4 Å². The standard InChI is InChI=1S/C13H11BrF3N3S/c14-7-1-4-9(10(5-7)13(15,16)17)12-20-19-11(21-12)6-18-8-2-3-8/h1,4-5,8,18H,2-3,6H2. The largest absolute Gasteiger partial charge is 0.417 e. The summed E-state index contributed by atoms with van der Waals surface area (Å²) in [6, 6.07) is 4.59. The van der Waals surface area contributed by atoms with E-state index in [-0.39, 0.29) is 5.56 Å². The Labute approximate surface area is 131 Å². The molecule has 1 heterocycles. The number of halogens is 4. The van der Waals surface area contributed by atoms with Crippen molar-refractivity contribution in [3.63, 3.8) is 0 Å². The van der Waals surface area contributed by atoms with E-state index in [0.717, 1.165) is 18.9 Å². The van der Waals surface area contributed by atoms with Crippen molar-refractivity contribution >= 4 is 27.3 Å². The minimum Gasteiger partial charge on any atom is -0.308 e. The first kappa shape index (κ1) is 14.9. The van der Waals surface area contributed by atoms with Crippen LogP contribution >= 0.6 is 27.3 Å². The zero-order valence-electron chi connectivity index (χ0n) is 10.7. The molecule has 0 atom stereocenters. The Morgan fingerprint density at radius 3 is 2.71 bits per heavy atom. The molecule has 1 aliphatic rings. The molecule has 0 spiro atoms. The number of rotatable bonds is 4. The van der Waals surface area contributed by atoms with Gasteiger partial charge in [0.25, 0.3) is 0 Å². The van der Waals surface area contributed by atoms with Crippen LogP contribution in [0, 0.1) is 0 Å². The molecular weight excluding hydrogens is 367 g/mol. The topological polar surface area (TPSA) is 37.8 Å². The van der Waals surface area contributed by atoms with Gasteiger partial charge in [-0.25, -0.2) is 0 Å². The highest BCUT2D eigenvalue weighted by molar-refractivity contribution is 9.10. The maximum absolute atomic E-state index is 13.1. The third kappa shape index (κ3) is 3.61. The van der Waals surface area contributed by atoms with Gasteiger partial charge in [0.15, 0.2) is 0 Å². The molecular formula is C13H11BrF3N3S. The van der Waals surface area contributed by atoms with Crippen molar-refractivity contribution in [2.24, 2.45) is 0 Å². The van der Waals surface area contributed by atoms with Gasteiger partial charge in [0.1, 0.15) is 10.0 Å². The van der Waals surface area contributed by atoms with E-state index in [9.17, 15) is 13.2 Å². The number of hydrogen-bond donors (Lipinski definition) is 1. The molecule has 8 heteroatoms. The van der Waals surface area contributed by atoms with Crippen LogP contribution in [0.15, 0.2) is 22.7 Å². The van der Waals surface area contributed by atoms with Crippen LogP contribution in [0.5, 0.6) is 0 Å². The lowest BCUT2D eigenvalue weighted by atomic mass is 10.1. The first-order valence-electron chi connectivity index (χ1n) is 6.36. The Morgan fingerprint density at radius 1 is 1.29 bits per heavy atom. The summed E-state index contributed by atoms with van der Waals surface area (Å²) < 4.78 is 39.7. The molecule has 1 saturated carbocycles. The molecule has 0 amide bonds. The summed E-state index contributed by atoms with van der Waals surface area (Å²) in [6.45, 7) is 0.556. The van der Waals surface area contributed by atoms with Gasteiger partial charge < -0.3 is 5.32 Å². The number of nitrogens with zero attached hydrogens (tertiary/aromatic N) is 2. The number of benzene rings is 1. The number of nitrogens with one attached hydrogen (secondary N) is 1. The second-order valence-electron chi connectivity index (χ2n) is 4.84. The third-order valence-corrected chi connectivity index (χ3v) is 4.55. The highest BCUT2D eigenvalue weighted by atomic mass is 79.9. The molecule has 1 N–H and O–H groups in total. The zero-order valence-corrected chi connectivity index (χ0v) is 13.1. The fourth-order valence-electron chi connectivity index (χ4n) is 1.89. The van der Waals surface area contributed by atoms with E-state index in [4.69, 9.17) is 0 Å². The van der Waals surface area contributed by atoms with E-state index in [0.29, 0.717) is 27.1 Å². The summed E-state index contributed by atoms with van der Waals surface area (Å²) >= 11 is 4.26. The highest BCUT2D eigenvalue weighted by Crippen LogP contribution is 2.39. The molecule has 0 saturated heterocycles. The molecule has 0 radical (unpaired) electrons. The summed E-state index contributed by atoms with van der Waals surface area (Å²) in [5.41, 5.74) is -0.629. The average molecular weight is 378 g/mol. The number of aromatic nitrogens is 2. The summed E-state index contributed by atoms with van der Waals surface area (Å²) in [5.74, 6) is 0. The van der Waals surface area contributed by atoms with Crippen LogP contribution in [0.3, 0.4) is 0 Å². The summed E-state index contributed by atoms with van der Waals surface area (Å²) in [6.07, 6.45) is -2.12. The van der Waals surface area contributed by atoms with Gasteiger partial charge in [-0.05, 0) is 25.0 Å². The maximum atomic E-state index is 13.1. The SMILES string of the molecule is FC(F)(F)c1cc(Br)ccc1-c1nnc(CNC2CC2)s1. The van der Waals surface area contributed by atoms with Crippen LogP contribution in [0.4, 0.5) is 13.2 Å². The minimum absolute atomic E-state index is 0.0703. The Hall–Kier alpha value is -0.990.